The smallest absolute Gasteiger partial charge is 0.322 e. The lowest BCUT2D eigenvalue weighted by atomic mass is 9.94. The zero-order chi connectivity index (χ0) is 25.8. The third-order valence-electron chi connectivity index (χ3n) is 6.33. The molecule has 2 heterocycles. The SMILES string of the molecule is CCOc1ccc(-c2noc(C3=C(C)N(CCc4ccccc4)C(=O)NC3c3cccc(F)c3)n2)cc1. The maximum Gasteiger partial charge on any atom is 0.322 e. The fourth-order valence-corrected chi connectivity index (χ4v) is 4.47. The van der Waals surface area contributed by atoms with E-state index in [1.165, 1.54) is 12.1 Å². The first-order valence-electron chi connectivity index (χ1n) is 12.2. The number of allylic oxidation sites excluding steroid dienone is 1. The lowest BCUT2D eigenvalue weighted by Gasteiger charge is -2.35. The van der Waals surface area contributed by atoms with Crippen LogP contribution in [-0.2, 0) is 6.42 Å². The second kappa shape index (κ2) is 10.7. The number of nitrogens with one attached hydrogen (secondary N) is 1. The summed E-state index contributed by atoms with van der Waals surface area (Å²) in [5, 5.41) is 7.20. The van der Waals surface area contributed by atoms with E-state index >= 15 is 0 Å². The van der Waals surface area contributed by atoms with Crippen LogP contribution in [0.3, 0.4) is 0 Å². The van der Waals surface area contributed by atoms with Crippen molar-refractivity contribution in [3.63, 3.8) is 0 Å². The molecule has 3 aromatic carbocycles. The van der Waals surface area contributed by atoms with Gasteiger partial charge in [0.25, 0.3) is 5.89 Å². The molecule has 0 aliphatic carbocycles. The van der Waals surface area contributed by atoms with Crippen molar-refractivity contribution in [2.24, 2.45) is 0 Å². The molecule has 0 saturated heterocycles. The Labute approximate surface area is 214 Å². The Bertz CT molecular complexity index is 1420. The molecule has 1 aliphatic heterocycles. The van der Waals surface area contributed by atoms with Gasteiger partial charge in [0.05, 0.1) is 18.2 Å². The molecule has 1 atom stereocenters. The molecule has 1 aliphatic rings. The van der Waals surface area contributed by atoms with Crippen LogP contribution in [0.5, 0.6) is 5.75 Å². The normalized spacial score (nSPS) is 15.6. The van der Waals surface area contributed by atoms with Crippen LogP contribution in [0.25, 0.3) is 17.0 Å². The van der Waals surface area contributed by atoms with E-state index in [2.05, 4.69) is 15.5 Å². The van der Waals surface area contributed by atoms with Crippen molar-refractivity contribution in [2.45, 2.75) is 26.3 Å². The maximum atomic E-state index is 14.1. The monoisotopic (exact) mass is 498 g/mol. The average Bonchev–Trinajstić information content (AvgIpc) is 3.39. The minimum absolute atomic E-state index is 0.264. The molecule has 0 saturated carbocycles. The lowest BCUT2D eigenvalue weighted by Crippen LogP contribution is -2.46. The van der Waals surface area contributed by atoms with Crippen molar-refractivity contribution in [3.8, 4) is 17.1 Å². The second-order valence-corrected chi connectivity index (χ2v) is 8.70. The predicted octanol–water partition coefficient (Wildman–Crippen LogP) is 6.01. The molecule has 8 heteroatoms. The van der Waals surface area contributed by atoms with Crippen molar-refractivity contribution < 1.29 is 18.4 Å². The van der Waals surface area contributed by atoms with Gasteiger partial charge in [0, 0.05) is 17.8 Å². The largest absolute Gasteiger partial charge is 0.494 e. The van der Waals surface area contributed by atoms with E-state index in [9.17, 15) is 9.18 Å². The number of hydrogen-bond donors (Lipinski definition) is 1. The number of benzene rings is 3. The minimum Gasteiger partial charge on any atom is -0.494 e. The Balaban J connectivity index is 1.52. The second-order valence-electron chi connectivity index (χ2n) is 8.70. The van der Waals surface area contributed by atoms with Gasteiger partial charge in [0.1, 0.15) is 11.6 Å². The van der Waals surface area contributed by atoms with Gasteiger partial charge in [-0.1, -0.05) is 47.6 Å². The zero-order valence-electron chi connectivity index (χ0n) is 20.6. The van der Waals surface area contributed by atoms with Crippen LogP contribution in [0.15, 0.2) is 89.1 Å². The highest BCUT2D eigenvalue weighted by molar-refractivity contribution is 5.86. The molecule has 0 bridgehead atoms. The Morgan fingerprint density at radius 1 is 1.05 bits per heavy atom. The molecule has 0 spiro atoms. The van der Waals surface area contributed by atoms with Gasteiger partial charge in [0.15, 0.2) is 0 Å². The number of ether oxygens (including phenoxy) is 1. The van der Waals surface area contributed by atoms with Gasteiger partial charge >= 0.3 is 6.03 Å². The fraction of sp³-hybridized carbons (Fsp3) is 0.207. The third-order valence-corrected chi connectivity index (χ3v) is 6.33. The molecular formula is C29H27FN4O3. The lowest BCUT2D eigenvalue weighted by molar-refractivity contribution is 0.205. The molecule has 1 unspecified atom stereocenters. The number of hydrogen-bond acceptors (Lipinski definition) is 5. The maximum absolute atomic E-state index is 14.1. The Morgan fingerprint density at radius 3 is 2.57 bits per heavy atom. The number of halogens is 1. The summed E-state index contributed by atoms with van der Waals surface area (Å²) in [6.45, 7) is 4.82. The molecule has 7 nitrogen and oxygen atoms in total. The van der Waals surface area contributed by atoms with Gasteiger partial charge in [-0.2, -0.15) is 4.98 Å². The first-order valence-corrected chi connectivity index (χ1v) is 12.2. The molecule has 0 radical (unpaired) electrons. The molecule has 0 fully saturated rings. The number of urea groups is 1. The Kier molecular flexibility index (Phi) is 6.98. The summed E-state index contributed by atoms with van der Waals surface area (Å²) < 4.78 is 25.4. The van der Waals surface area contributed by atoms with Crippen LogP contribution in [0, 0.1) is 5.82 Å². The van der Waals surface area contributed by atoms with Crippen molar-refractivity contribution in [1.82, 2.24) is 20.4 Å². The van der Waals surface area contributed by atoms with E-state index in [-0.39, 0.29) is 11.9 Å². The highest BCUT2D eigenvalue weighted by Gasteiger charge is 2.35. The van der Waals surface area contributed by atoms with Crippen LogP contribution in [0.2, 0.25) is 0 Å². The zero-order valence-corrected chi connectivity index (χ0v) is 20.6. The van der Waals surface area contributed by atoms with Crippen LogP contribution in [-0.4, -0.2) is 34.2 Å². The van der Waals surface area contributed by atoms with E-state index in [1.807, 2.05) is 68.4 Å². The first kappa shape index (κ1) is 24.2. The topological polar surface area (TPSA) is 80.5 Å². The Morgan fingerprint density at radius 2 is 1.84 bits per heavy atom. The summed E-state index contributed by atoms with van der Waals surface area (Å²) in [6.07, 6.45) is 0.671. The van der Waals surface area contributed by atoms with Gasteiger partial charge < -0.3 is 14.6 Å². The summed E-state index contributed by atoms with van der Waals surface area (Å²) in [5.74, 6) is 1.03. The van der Waals surface area contributed by atoms with Crippen LogP contribution >= 0.6 is 0 Å². The van der Waals surface area contributed by atoms with Crippen molar-refractivity contribution in [1.29, 1.82) is 0 Å². The number of amides is 2. The van der Waals surface area contributed by atoms with E-state index in [4.69, 9.17) is 9.26 Å². The highest BCUT2D eigenvalue weighted by Crippen LogP contribution is 2.37. The summed E-state index contributed by atoms with van der Waals surface area (Å²) in [7, 11) is 0. The number of rotatable bonds is 8. The quantitative estimate of drug-likeness (QED) is 0.322. The van der Waals surface area contributed by atoms with Gasteiger partial charge in [0.2, 0.25) is 5.82 Å². The standard InChI is InChI=1S/C29H27FN4O3/c1-3-36-24-14-12-21(13-15-24)27-32-28(37-33-27)25-19(2)34(17-16-20-8-5-4-6-9-20)29(35)31-26(25)22-10-7-11-23(30)18-22/h4-15,18,26H,3,16-17H2,1-2H3,(H,31,35). The molecule has 1 aromatic heterocycles. The first-order chi connectivity index (χ1) is 18.0. The summed E-state index contributed by atoms with van der Waals surface area (Å²) in [5.41, 5.74) is 3.78. The summed E-state index contributed by atoms with van der Waals surface area (Å²) in [6, 6.07) is 22.6. The Hall–Kier alpha value is -4.46. The molecule has 188 valence electrons. The van der Waals surface area contributed by atoms with Crippen LogP contribution < -0.4 is 10.1 Å². The van der Waals surface area contributed by atoms with Gasteiger partial charge in [-0.25, -0.2) is 9.18 Å². The van der Waals surface area contributed by atoms with Crippen molar-refractivity contribution in [3.05, 3.63) is 107 Å². The average molecular weight is 499 g/mol. The van der Waals surface area contributed by atoms with E-state index in [0.29, 0.717) is 42.2 Å². The van der Waals surface area contributed by atoms with Crippen molar-refractivity contribution in [2.75, 3.05) is 13.2 Å². The number of nitrogens with zero attached hydrogens (tertiary/aromatic N) is 3. The molecule has 4 aromatic rings. The van der Waals surface area contributed by atoms with E-state index < -0.39 is 11.9 Å². The molecule has 2 amide bonds. The number of aromatic nitrogens is 2. The van der Waals surface area contributed by atoms with Crippen molar-refractivity contribution >= 4 is 11.6 Å². The molecular weight excluding hydrogens is 471 g/mol. The van der Waals surface area contributed by atoms with Crippen LogP contribution in [0.4, 0.5) is 9.18 Å². The molecule has 5 rings (SSSR count). The number of carbonyl (C=O) groups is 1. The molecule has 37 heavy (non-hydrogen) atoms. The minimum atomic E-state index is -0.648. The predicted molar refractivity (Wildman–Crippen MR) is 138 cm³/mol. The number of carbonyl (C=O) groups excluding carboxylic acids is 1. The third kappa shape index (κ3) is 5.23. The molecule has 1 N–H and O–H groups in total. The highest BCUT2D eigenvalue weighted by atomic mass is 19.1. The summed E-state index contributed by atoms with van der Waals surface area (Å²) >= 11 is 0. The van der Waals surface area contributed by atoms with Gasteiger partial charge in [-0.3, -0.25) is 4.90 Å². The van der Waals surface area contributed by atoms with E-state index in [0.717, 1.165) is 16.9 Å². The van der Waals surface area contributed by atoms with Gasteiger partial charge in [-0.15, -0.1) is 0 Å². The fourth-order valence-electron chi connectivity index (χ4n) is 4.47. The van der Waals surface area contributed by atoms with E-state index in [1.54, 1.807) is 17.0 Å². The summed E-state index contributed by atoms with van der Waals surface area (Å²) in [4.78, 5) is 19.5. The van der Waals surface area contributed by atoms with Crippen LogP contribution in [0.1, 0.15) is 36.9 Å². The van der Waals surface area contributed by atoms with Gasteiger partial charge in [-0.05, 0) is 67.8 Å².